The van der Waals surface area contributed by atoms with Crippen LogP contribution in [0.2, 0.25) is 0 Å². The maximum Gasteiger partial charge on any atom is 2.00 e. The average Bonchev–Trinajstić information content (AvgIpc) is 3.34. The molecular formula is C19H16BrFeN3. The van der Waals surface area contributed by atoms with Crippen molar-refractivity contribution in [2.45, 2.75) is 6.54 Å². The van der Waals surface area contributed by atoms with Gasteiger partial charge in [0.15, 0.2) is 0 Å². The van der Waals surface area contributed by atoms with Gasteiger partial charge in [-0.25, -0.2) is 12.1 Å². The Bertz CT molecular complexity index is 786. The van der Waals surface area contributed by atoms with E-state index in [0.29, 0.717) is 0 Å². The van der Waals surface area contributed by atoms with E-state index in [1.807, 2.05) is 77.6 Å². The Morgan fingerprint density at radius 1 is 1.00 bits per heavy atom. The molecule has 0 amide bonds. The van der Waals surface area contributed by atoms with Gasteiger partial charge < -0.3 is 0 Å². The van der Waals surface area contributed by atoms with Gasteiger partial charge in [0.1, 0.15) is 0 Å². The minimum atomic E-state index is 0. The molecule has 0 saturated heterocycles. The minimum Gasteiger partial charge on any atom is -0.287 e. The van der Waals surface area contributed by atoms with Gasteiger partial charge in [0, 0.05) is 10.2 Å². The molecule has 3 aromatic carbocycles. The first-order valence-electron chi connectivity index (χ1n) is 7.34. The smallest absolute Gasteiger partial charge is 0.287 e. The van der Waals surface area contributed by atoms with Crippen molar-refractivity contribution in [3.05, 3.63) is 95.1 Å². The van der Waals surface area contributed by atoms with Crippen LogP contribution in [0.1, 0.15) is 5.56 Å². The number of halogens is 1. The van der Waals surface area contributed by atoms with Gasteiger partial charge in [-0.2, -0.15) is 35.4 Å². The predicted molar refractivity (Wildman–Crippen MR) is 96.3 cm³/mol. The molecule has 0 aliphatic carbocycles. The van der Waals surface area contributed by atoms with Crippen LogP contribution in [-0.4, -0.2) is 15.0 Å². The van der Waals surface area contributed by atoms with Crippen molar-refractivity contribution in [1.29, 1.82) is 0 Å². The van der Waals surface area contributed by atoms with Gasteiger partial charge in [0.05, 0.1) is 6.54 Å². The molecule has 0 fully saturated rings. The van der Waals surface area contributed by atoms with Crippen LogP contribution < -0.4 is 0 Å². The van der Waals surface area contributed by atoms with E-state index in [2.05, 4.69) is 38.4 Å². The second-order valence-electron chi connectivity index (χ2n) is 5.06. The average molecular weight is 422 g/mol. The van der Waals surface area contributed by atoms with Gasteiger partial charge in [-0.3, -0.25) is 4.68 Å². The summed E-state index contributed by atoms with van der Waals surface area (Å²) >= 11 is 3.43. The third kappa shape index (κ3) is 5.31. The number of benzene rings is 1. The maximum absolute atomic E-state index is 4.18. The van der Waals surface area contributed by atoms with Crippen molar-refractivity contribution in [3.63, 3.8) is 0 Å². The number of nitrogens with zero attached hydrogens (tertiary/aromatic N) is 3. The Balaban J connectivity index is 0.000000300. The van der Waals surface area contributed by atoms with E-state index >= 15 is 0 Å². The maximum atomic E-state index is 4.18. The summed E-state index contributed by atoms with van der Waals surface area (Å²) in [4.78, 5) is 0. The fraction of sp³-hybridized carbons (Fsp3) is 0.0526. The van der Waals surface area contributed by atoms with Crippen LogP contribution in [0.25, 0.3) is 11.3 Å². The fourth-order valence-corrected chi connectivity index (χ4v) is 2.41. The summed E-state index contributed by atoms with van der Waals surface area (Å²) < 4.78 is 2.94. The standard InChI is InChI=1S/C14H11BrN3.C5H5.Fe/c15-13-7-5-11(6-8-13)9-18-10-14(16-17-18)12-3-1-2-4-12;1-2-4-5-3-1;/h1-8,10H,9H2;1-5H;/q2*-1;+2. The molecule has 0 saturated carbocycles. The molecule has 0 bridgehead atoms. The third-order valence-electron chi connectivity index (χ3n) is 3.31. The zero-order chi connectivity index (χ0) is 15.9. The van der Waals surface area contributed by atoms with Crippen LogP contribution in [0.15, 0.2) is 89.5 Å². The zero-order valence-electron chi connectivity index (χ0n) is 12.9. The van der Waals surface area contributed by atoms with Crippen molar-refractivity contribution in [2.24, 2.45) is 0 Å². The van der Waals surface area contributed by atoms with Crippen molar-refractivity contribution in [3.8, 4) is 11.3 Å². The van der Waals surface area contributed by atoms with E-state index in [0.717, 1.165) is 22.3 Å². The summed E-state index contributed by atoms with van der Waals surface area (Å²) in [6.07, 6.45) is 1.97. The van der Waals surface area contributed by atoms with E-state index < -0.39 is 0 Å². The number of rotatable bonds is 3. The molecule has 0 aliphatic rings. The largest absolute Gasteiger partial charge is 2.00 e. The van der Waals surface area contributed by atoms with Gasteiger partial charge in [-0.15, -0.1) is 12.1 Å². The molecule has 122 valence electrons. The Morgan fingerprint density at radius 2 is 1.67 bits per heavy atom. The molecule has 1 heterocycles. The molecule has 0 atom stereocenters. The first-order chi connectivity index (χ1) is 11.3. The van der Waals surface area contributed by atoms with Crippen LogP contribution in [0.5, 0.6) is 0 Å². The van der Waals surface area contributed by atoms with Crippen molar-refractivity contribution in [1.82, 2.24) is 15.0 Å². The molecule has 4 rings (SSSR count). The molecule has 0 aliphatic heterocycles. The zero-order valence-corrected chi connectivity index (χ0v) is 15.6. The molecule has 24 heavy (non-hydrogen) atoms. The molecular weight excluding hydrogens is 406 g/mol. The Kier molecular flexibility index (Phi) is 7.19. The van der Waals surface area contributed by atoms with E-state index in [4.69, 9.17) is 0 Å². The first-order valence-corrected chi connectivity index (χ1v) is 8.14. The molecule has 4 aromatic rings. The molecule has 0 radical (unpaired) electrons. The second kappa shape index (κ2) is 9.38. The van der Waals surface area contributed by atoms with Gasteiger partial charge >= 0.3 is 17.1 Å². The van der Waals surface area contributed by atoms with Crippen LogP contribution in [0.4, 0.5) is 0 Å². The summed E-state index contributed by atoms with van der Waals surface area (Å²) in [6, 6.07) is 26.3. The molecule has 5 heteroatoms. The van der Waals surface area contributed by atoms with Gasteiger partial charge in [0.2, 0.25) is 0 Å². The summed E-state index contributed by atoms with van der Waals surface area (Å²) in [7, 11) is 0. The second-order valence-corrected chi connectivity index (χ2v) is 5.98. The summed E-state index contributed by atoms with van der Waals surface area (Å²) in [5.74, 6) is 0. The van der Waals surface area contributed by atoms with Crippen LogP contribution in [0.3, 0.4) is 0 Å². The van der Waals surface area contributed by atoms with Crippen molar-refractivity contribution in [2.75, 3.05) is 0 Å². The number of hydrogen-bond donors (Lipinski definition) is 0. The Morgan fingerprint density at radius 3 is 2.25 bits per heavy atom. The minimum absolute atomic E-state index is 0. The Hall–Kier alpha value is -1.94. The number of aromatic nitrogens is 3. The van der Waals surface area contributed by atoms with E-state index in [1.54, 1.807) is 0 Å². The van der Waals surface area contributed by atoms with E-state index in [1.165, 1.54) is 5.56 Å². The summed E-state index contributed by atoms with van der Waals surface area (Å²) in [6.45, 7) is 0.737. The predicted octanol–water partition coefficient (Wildman–Crippen LogP) is 4.88. The summed E-state index contributed by atoms with van der Waals surface area (Å²) in [5, 5.41) is 8.32. The molecule has 0 spiro atoms. The first kappa shape index (κ1) is 18.4. The van der Waals surface area contributed by atoms with E-state index in [-0.39, 0.29) is 17.1 Å². The topological polar surface area (TPSA) is 30.7 Å². The van der Waals surface area contributed by atoms with Gasteiger partial charge in [-0.1, -0.05) is 38.8 Å². The van der Waals surface area contributed by atoms with Gasteiger partial charge in [-0.05, 0) is 23.9 Å². The molecule has 0 N–H and O–H groups in total. The number of hydrogen-bond acceptors (Lipinski definition) is 2. The van der Waals surface area contributed by atoms with Crippen molar-refractivity contribution >= 4 is 15.9 Å². The molecule has 0 unspecified atom stereocenters. The normalized spacial score (nSPS) is 9.71. The molecule has 3 nitrogen and oxygen atoms in total. The third-order valence-corrected chi connectivity index (χ3v) is 3.84. The van der Waals surface area contributed by atoms with E-state index in [9.17, 15) is 0 Å². The van der Waals surface area contributed by atoms with Crippen LogP contribution in [0, 0.1) is 0 Å². The summed E-state index contributed by atoms with van der Waals surface area (Å²) in [5.41, 5.74) is 3.23. The van der Waals surface area contributed by atoms with Crippen molar-refractivity contribution < 1.29 is 17.1 Å². The van der Waals surface area contributed by atoms with Gasteiger partial charge in [0.25, 0.3) is 0 Å². The fourth-order valence-electron chi connectivity index (χ4n) is 2.15. The molecule has 1 aromatic heterocycles. The Labute approximate surface area is 160 Å². The SMILES string of the molecule is Brc1ccc(Cn2cc(-[c-]3cccc3)nn2)cc1.[Fe+2].c1cc[cH-]c1. The quantitative estimate of drug-likeness (QED) is 0.348. The van der Waals surface area contributed by atoms with Crippen LogP contribution >= 0.6 is 15.9 Å². The van der Waals surface area contributed by atoms with Crippen LogP contribution in [-0.2, 0) is 23.6 Å². The monoisotopic (exact) mass is 421 g/mol.